The third kappa shape index (κ3) is 3.38. The number of carbonyl (C=O) groups is 1. The second kappa shape index (κ2) is 7.20. The molecule has 26 heavy (non-hydrogen) atoms. The lowest BCUT2D eigenvalue weighted by molar-refractivity contribution is 0.0699. The van der Waals surface area contributed by atoms with Crippen molar-refractivity contribution in [3.8, 4) is 11.3 Å². The molecule has 1 aliphatic heterocycles. The number of nitrogens with zero attached hydrogens (tertiary/aromatic N) is 2. The minimum Gasteiger partial charge on any atom is -0.339 e. The summed E-state index contributed by atoms with van der Waals surface area (Å²) in [5.41, 5.74) is 3.46. The van der Waals surface area contributed by atoms with Crippen molar-refractivity contribution in [2.24, 2.45) is 5.92 Å². The normalized spacial score (nSPS) is 15.4. The Kier molecular flexibility index (Phi) is 4.77. The molecule has 0 spiro atoms. The van der Waals surface area contributed by atoms with Gasteiger partial charge in [-0.1, -0.05) is 53.2 Å². The van der Waals surface area contributed by atoms with E-state index < -0.39 is 0 Å². The Hall–Kier alpha value is -2.20. The SMILES string of the molecule is CC1CCN(C(=O)c2cc(-c3ccccc3)nc3ccc(Br)cc23)CC1. The van der Waals surface area contributed by atoms with E-state index in [0.29, 0.717) is 5.92 Å². The van der Waals surface area contributed by atoms with Crippen molar-refractivity contribution in [3.05, 3.63) is 64.6 Å². The summed E-state index contributed by atoms with van der Waals surface area (Å²) in [5.74, 6) is 0.807. The van der Waals surface area contributed by atoms with Crippen LogP contribution in [0.15, 0.2) is 59.1 Å². The van der Waals surface area contributed by atoms with E-state index in [4.69, 9.17) is 4.98 Å². The van der Waals surface area contributed by atoms with Gasteiger partial charge in [0.25, 0.3) is 5.91 Å². The highest BCUT2D eigenvalue weighted by Gasteiger charge is 2.24. The number of benzene rings is 2. The maximum Gasteiger partial charge on any atom is 0.254 e. The summed E-state index contributed by atoms with van der Waals surface area (Å²) >= 11 is 3.53. The Bertz CT molecular complexity index is 947. The maximum atomic E-state index is 13.3. The second-order valence-corrected chi connectivity index (χ2v) is 7.97. The zero-order valence-electron chi connectivity index (χ0n) is 14.8. The van der Waals surface area contributed by atoms with E-state index in [1.807, 2.05) is 59.5 Å². The molecule has 1 fully saturated rings. The van der Waals surface area contributed by atoms with Gasteiger partial charge in [0.15, 0.2) is 0 Å². The summed E-state index contributed by atoms with van der Waals surface area (Å²) in [7, 11) is 0. The van der Waals surface area contributed by atoms with Gasteiger partial charge in [-0.2, -0.15) is 0 Å². The van der Waals surface area contributed by atoms with Gasteiger partial charge in [0.1, 0.15) is 0 Å². The van der Waals surface area contributed by atoms with Crippen LogP contribution in [0.25, 0.3) is 22.2 Å². The fraction of sp³-hybridized carbons (Fsp3) is 0.273. The molecule has 0 bridgehead atoms. The lowest BCUT2D eigenvalue weighted by Crippen LogP contribution is -2.38. The number of hydrogen-bond acceptors (Lipinski definition) is 2. The maximum absolute atomic E-state index is 13.3. The summed E-state index contributed by atoms with van der Waals surface area (Å²) in [6.07, 6.45) is 2.15. The highest BCUT2D eigenvalue weighted by atomic mass is 79.9. The Morgan fingerprint density at radius 3 is 2.54 bits per heavy atom. The molecular formula is C22H21BrN2O. The highest BCUT2D eigenvalue weighted by molar-refractivity contribution is 9.10. The molecule has 0 unspecified atom stereocenters. The van der Waals surface area contributed by atoms with Gasteiger partial charge in [-0.25, -0.2) is 4.98 Å². The zero-order chi connectivity index (χ0) is 18.1. The molecule has 1 aliphatic rings. The van der Waals surface area contributed by atoms with Crippen LogP contribution >= 0.6 is 15.9 Å². The summed E-state index contributed by atoms with van der Waals surface area (Å²) in [6, 6.07) is 17.9. The van der Waals surface area contributed by atoms with Gasteiger partial charge < -0.3 is 4.90 Å². The molecule has 0 saturated carbocycles. The minimum atomic E-state index is 0.111. The molecule has 132 valence electrons. The number of hydrogen-bond donors (Lipinski definition) is 0. The molecule has 4 rings (SSSR count). The van der Waals surface area contributed by atoms with Crippen LogP contribution in [0.3, 0.4) is 0 Å². The van der Waals surface area contributed by atoms with Crippen LogP contribution in [0, 0.1) is 5.92 Å². The minimum absolute atomic E-state index is 0.111. The number of fused-ring (bicyclic) bond motifs is 1. The molecule has 1 saturated heterocycles. The van der Waals surface area contributed by atoms with Gasteiger partial charge in [-0.3, -0.25) is 4.79 Å². The number of halogens is 1. The standard InChI is InChI=1S/C22H21BrN2O/c1-15-9-11-25(12-10-15)22(26)19-14-21(16-5-3-2-4-6-16)24-20-8-7-17(23)13-18(19)20/h2-8,13-15H,9-12H2,1H3. The average Bonchev–Trinajstić information content (AvgIpc) is 2.68. The van der Waals surface area contributed by atoms with Gasteiger partial charge in [0, 0.05) is 28.5 Å². The van der Waals surface area contributed by atoms with Crippen molar-refractivity contribution in [2.75, 3.05) is 13.1 Å². The molecular weight excluding hydrogens is 388 g/mol. The Labute approximate surface area is 162 Å². The first kappa shape index (κ1) is 17.2. The molecule has 4 heteroatoms. The number of carbonyl (C=O) groups excluding carboxylic acids is 1. The number of aromatic nitrogens is 1. The van der Waals surface area contributed by atoms with Crippen LogP contribution in [0.2, 0.25) is 0 Å². The predicted octanol–water partition coefficient (Wildman–Crippen LogP) is 5.54. The van der Waals surface area contributed by atoms with Crippen LogP contribution < -0.4 is 0 Å². The number of amides is 1. The third-order valence-electron chi connectivity index (χ3n) is 5.14. The second-order valence-electron chi connectivity index (χ2n) is 7.06. The Morgan fingerprint density at radius 1 is 1.08 bits per heavy atom. The number of rotatable bonds is 2. The van der Waals surface area contributed by atoms with E-state index in [1.165, 1.54) is 0 Å². The van der Waals surface area contributed by atoms with Crippen molar-refractivity contribution < 1.29 is 4.79 Å². The van der Waals surface area contributed by atoms with E-state index >= 15 is 0 Å². The molecule has 2 aromatic carbocycles. The largest absolute Gasteiger partial charge is 0.339 e. The monoisotopic (exact) mass is 408 g/mol. The van der Waals surface area contributed by atoms with Crippen LogP contribution in [0.4, 0.5) is 0 Å². The quantitative estimate of drug-likeness (QED) is 0.557. The summed E-state index contributed by atoms with van der Waals surface area (Å²) < 4.78 is 0.959. The van der Waals surface area contributed by atoms with Crippen LogP contribution in [0.1, 0.15) is 30.1 Å². The Balaban J connectivity index is 1.83. The molecule has 0 radical (unpaired) electrons. The van der Waals surface area contributed by atoms with E-state index in [0.717, 1.165) is 58.1 Å². The van der Waals surface area contributed by atoms with E-state index in [1.54, 1.807) is 0 Å². The average molecular weight is 409 g/mol. The summed E-state index contributed by atoms with van der Waals surface area (Å²) in [6.45, 7) is 3.92. The Morgan fingerprint density at radius 2 is 1.81 bits per heavy atom. The molecule has 2 heterocycles. The van der Waals surface area contributed by atoms with Crippen molar-refractivity contribution in [1.29, 1.82) is 0 Å². The van der Waals surface area contributed by atoms with Crippen molar-refractivity contribution in [1.82, 2.24) is 9.88 Å². The first-order chi connectivity index (χ1) is 12.6. The fourth-order valence-electron chi connectivity index (χ4n) is 3.51. The predicted molar refractivity (Wildman–Crippen MR) is 109 cm³/mol. The van der Waals surface area contributed by atoms with Crippen LogP contribution in [-0.4, -0.2) is 28.9 Å². The molecule has 3 aromatic rings. The van der Waals surface area contributed by atoms with Crippen molar-refractivity contribution >= 4 is 32.7 Å². The number of piperidine rings is 1. The molecule has 0 aliphatic carbocycles. The van der Waals surface area contributed by atoms with Gasteiger partial charge in [0.2, 0.25) is 0 Å². The smallest absolute Gasteiger partial charge is 0.254 e. The third-order valence-corrected chi connectivity index (χ3v) is 5.63. The van der Waals surface area contributed by atoms with E-state index in [-0.39, 0.29) is 5.91 Å². The van der Waals surface area contributed by atoms with Gasteiger partial charge in [0.05, 0.1) is 16.8 Å². The zero-order valence-corrected chi connectivity index (χ0v) is 16.4. The fourth-order valence-corrected chi connectivity index (χ4v) is 3.87. The van der Waals surface area contributed by atoms with Crippen molar-refractivity contribution in [3.63, 3.8) is 0 Å². The molecule has 1 amide bonds. The summed E-state index contributed by atoms with van der Waals surface area (Å²) in [5, 5.41) is 0.905. The number of likely N-dealkylation sites (tertiary alicyclic amines) is 1. The summed E-state index contributed by atoms with van der Waals surface area (Å²) in [4.78, 5) is 20.1. The van der Waals surface area contributed by atoms with E-state index in [9.17, 15) is 4.79 Å². The topological polar surface area (TPSA) is 33.2 Å². The van der Waals surface area contributed by atoms with Crippen molar-refractivity contribution in [2.45, 2.75) is 19.8 Å². The first-order valence-electron chi connectivity index (χ1n) is 9.07. The lowest BCUT2D eigenvalue weighted by atomic mass is 9.97. The van der Waals surface area contributed by atoms with Gasteiger partial charge in [-0.15, -0.1) is 0 Å². The van der Waals surface area contributed by atoms with Gasteiger partial charge in [-0.05, 0) is 43.0 Å². The van der Waals surface area contributed by atoms with E-state index in [2.05, 4.69) is 22.9 Å². The molecule has 1 aromatic heterocycles. The van der Waals surface area contributed by atoms with Crippen LogP contribution in [0.5, 0.6) is 0 Å². The lowest BCUT2D eigenvalue weighted by Gasteiger charge is -2.30. The molecule has 0 atom stereocenters. The first-order valence-corrected chi connectivity index (χ1v) is 9.86. The van der Waals surface area contributed by atoms with Gasteiger partial charge >= 0.3 is 0 Å². The molecule has 3 nitrogen and oxygen atoms in total. The highest BCUT2D eigenvalue weighted by Crippen LogP contribution is 2.29. The molecule has 0 N–H and O–H groups in total. The number of pyridine rings is 1. The van der Waals surface area contributed by atoms with Crippen LogP contribution in [-0.2, 0) is 0 Å².